The topological polar surface area (TPSA) is 44.1 Å². The highest BCUT2D eigenvalue weighted by atomic mass is 19.4. The summed E-state index contributed by atoms with van der Waals surface area (Å²) in [6.45, 7) is 10.2. The number of benzene rings is 2. The lowest BCUT2D eigenvalue weighted by Crippen LogP contribution is -2.34. The molecule has 0 saturated heterocycles. The average Bonchev–Trinajstić information content (AvgIpc) is 3.08. The highest BCUT2D eigenvalue weighted by Crippen LogP contribution is 2.47. The molecule has 0 unspecified atom stereocenters. The summed E-state index contributed by atoms with van der Waals surface area (Å²) in [5.41, 5.74) is 1.99. The van der Waals surface area contributed by atoms with Crippen LogP contribution in [0.5, 0.6) is 0 Å². The van der Waals surface area contributed by atoms with Crippen LogP contribution in [0.3, 0.4) is 0 Å². The van der Waals surface area contributed by atoms with Crippen molar-refractivity contribution in [3.05, 3.63) is 58.2 Å². The van der Waals surface area contributed by atoms with E-state index >= 15 is 0 Å². The van der Waals surface area contributed by atoms with Gasteiger partial charge in [-0.25, -0.2) is 14.2 Å². The van der Waals surface area contributed by atoms with E-state index in [1.54, 1.807) is 13.0 Å². The third-order valence-electron chi connectivity index (χ3n) is 6.81. The van der Waals surface area contributed by atoms with Crippen molar-refractivity contribution in [1.82, 2.24) is 9.55 Å². The lowest BCUT2D eigenvalue weighted by molar-refractivity contribution is -0.145. The minimum atomic E-state index is -4.79. The van der Waals surface area contributed by atoms with Gasteiger partial charge in [0.1, 0.15) is 5.82 Å². The summed E-state index contributed by atoms with van der Waals surface area (Å²) >= 11 is 0. The van der Waals surface area contributed by atoms with Crippen LogP contribution in [0.2, 0.25) is 0 Å². The second kappa shape index (κ2) is 7.30. The predicted octanol–water partition coefficient (Wildman–Crippen LogP) is 6.63. The Balaban J connectivity index is 2.08. The zero-order valence-corrected chi connectivity index (χ0v) is 19.4. The number of carbonyl (C=O) groups is 1. The summed E-state index contributed by atoms with van der Waals surface area (Å²) in [6, 6.07) is 5.64. The number of esters is 1. The maximum Gasteiger partial charge on any atom is 0.450 e. The summed E-state index contributed by atoms with van der Waals surface area (Å²) < 4.78 is 62.5. The first-order valence-corrected chi connectivity index (χ1v) is 10.7. The molecule has 176 valence electrons. The Morgan fingerprint density at radius 3 is 2.15 bits per heavy atom. The van der Waals surface area contributed by atoms with Crippen molar-refractivity contribution in [2.24, 2.45) is 0 Å². The molecule has 0 radical (unpaired) electrons. The summed E-state index contributed by atoms with van der Waals surface area (Å²) in [5, 5.41) is 0. The zero-order chi connectivity index (χ0) is 24.5. The summed E-state index contributed by atoms with van der Waals surface area (Å²) in [6.07, 6.45) is -2.93. The zero-order valence-electron chi connectivity index (χ0n) is 19.4. The number of carbonyl (C=O) groups excluding carboxylic acids is 1. The van der Waals surface area contributed by atoms with E-state index in [1.165, 1.54) is 0 Å². The van der Waals surface area contributed by atoms with Crippen molar-refractivity contribution in [1.29, 1.82) is 0 Å². The lowest BCUT2D eigenvalue weighted by atomic mass is 9.63. The van der Waals surface area contributed by atoms with Gasteiger partial charge in [-0.2, -0.15) is 13.2 Å². The van der Waals surface area contributed by atoms with Gasteiger partial charge in [-0.1, -0.05) is 33.8 Å². The quantitative estimate of drug-likeness (QED) is 0.317. The summed E-state index contributed by atoms with van der Waals surface area (Å²) in [5.74, 6) is -3.12. The van der Waals surface area contributed by atoms with Gasteiger partial charge in [0.2, 0.25) is 5.82 Å². The van der Waals surface area contributed by atoms with E-state index in [9.17, 15) is 22.4 Å². The standard InChI is InChI=1S/C25H26F4N2O2/c1-13-9-15-16(24(4,5)8-7-23(15,2)3)11-19(13)31-20-12-17(26)14(21(32)33-6)10-18(20)30-22(31)25(27,28)29/h9-12H,7-8H2,1-6H3. The van der Waals surface area contributed by atoms with Gasteiger partial charge in [0.25, 0.3) is 0 Å². The van der Waals surface area contributed by atoms with Crippen LogP contribution < -0.4 is 0 Å². The molecule has 3 aromatic rings. The summed E-state index contributed by atoms with van der Waals surface area (Å²) in [4.78, 5) is 15.6. The fraction of sp³-hybridized carbons (Fsp3) is 0.440. The van der Waals surface area contributed by atoms with Crippen molar-refractivity contribution >= 4 is 17.0 Å². The Morgan fingerprint density at radius 1 is 1.03 bits per heavy atom. The van der Waals surface area contributed by atoms with E-state index in [1.807, 2.05) is 6.07 Å². The molecule has 4 nitrogen and oxygen atoms in total. The van der Waals surface area contributed by atoms with Crippen molar-refractivity contribution in [3.8, 4) is 5.69 Å². The van der Waals surface area contributed by atoms with Gasteiger partial charge in [0, 0.05) is 6.07 Å². The third kappa shape index (κ3) is 3.69. The highest BCUT2D eigenvalue weighted by molar-refractivity contribution is 5.94. The van der Waals surface area contributed by atoms with Gasteiger partial charge < -0.3 is 4.74 Å². The van der Waals surface area contributed by atoms with Gasteiger partial charge >= 0.3 is 12.1 Å². The number of fused-ring (bicyclic) bond motifs is 2. The number of ether oxygens (including phenoxy) is 1. The lowest BCUT2D eigenvalue weighted by Gasteiger charge is -2.42. The Kier molecular flexibility index (Phi) is 5.15. The first kappa shape index (κ1) is 23.3. The van der Waals surface area contributed by atoms with Crippen molar-refractivity contribution < 1.29 is 27.1 Å². The maximum absolute atomic E-state index is 14.7. The van der Waals surface area contributed by atoms with Crippen LogP contribution >= 0.6 is 0 Å². The predicted molar refractivity (Wildman–Crippen MR) is 117 cm³/mol. The maximum atomic E-state index is 14.7. The molecule has 0 fully saturated rings. The van der Waals surface area contributed by atoms with E-state index in [-0.39, 0.29) is 21.9 Å². The molecular formula is C25H26F4N2O2. The number of aryl methyl sites for hydroxylation is 1. The number of hydrogen-bond acceptors (Lipinski definition) is 3. The molecule has 33 heavy (non-hydrogen) atoms. The fourth-order valence-corrected chi connectivity index (χ4v) is 4.75. The number of hydrogen-bond donors (Lipinski definition) is 0. The van der Waals surface area contributed by atoms with Gasteiger partial charge in [0.05, 0.1) is 29.4 Å². The van der Waals surface area contributed by atoms with Crippen LogP contribution in [0, 0.1) is 12.7 Å². The van der Waals surface area contributed by atoms with Gasteiger partial charge in [-0.15, -0.1) is 0 Å². The van der Waals surface area contributed by atoms with Crippen LogP contribution in [-0.2, 0) is 21.7 Å². The molecule has 0 atom stereocenters. The Bertz CT molecular complexity index is 1290. The molecule has 0 amide bonds. The third-order valence-corrected chi connectivity index (χ3v) is 6.81. The second-order valence-corrected chi connectivity index (χ2v) is 10.0. The molecule has 0 saturated carbocycles. The number of aromatic nitrogens is 2. The van der Waals surface area contributed by atoms with E-state index in [4.69, 9.17) is 0 Å². The first-order chi connectivity index (χ1) is 15.2. The number of nitrogens with zero attached hydrogens (tertiary/aromatic N) is 2. The molecule has 0 spiro atoms. The number of halogens is 4. The Labute approximate surface area is 189 Å². The van der Waals surface area contributed by atoms with E-state index in [0.717, 1.165) is 47.8 Å². The minimum absolute atomic E-state index is 0.0663. The molecule has 0 bridgehead atoms. The first-order valence-electron chi connectivity index (χ1n) is 10.7. The Hall–Kier alpha value is -2.90. The molecule has 8 heteroatoms. The fourth-order valence-electron chi connectivity index (χ4n) is 4.75. The van der Waals surface area contributed by atoms with Gasteiger partial charge in [0.15, 0.2) is 0 Å². The normalized spacial score (nSPS) is 17.2. The second-order valence-electron chi connectivity index (χ2n) is 10.0. The molecule has 1 heterocycles. The van der Waals surface area contributed by atoms with Crippen LogP contribution in [0.1, 0.15) is 73.4 Å². The van der Waals surface area contributed by atoms with Crippen molar-refractivity contribution in [2.45, 2.75) is 64.5 Å². The highest BCUT2D eigenvalue weighted by Gasteiger charge is 2.41. The molecule has 1 aromatic heterocycles. The van der Waals surface area contributed by atoms with Gasteiger partial charge in [-0.3, -0.25) is 4.57 Å². The summed E-state index contributed by atoms with van der Waals surface area (Å²) in [7, 11) is 1.07. The smallest absolute Gasteiger partial charge is 0.450 e. The minimum Gasteiger partial charge on any atom is -0.465 e. The van der Waals surface area contributed by atoms with E-state index in [0.29, 0.717) is 11.3 Å². The van der Waals surface area contributed by atoms with E-state index in [2.05, 4.69) is 37.4 Å². The van der Waals surface area contributed by atoms with Gasteiger partial charge in [-0.05, 0) is 59.4 Å². The molecule has 1 aliphatic rings. The van der Waals surface area contributed by atoms with E-state index < -0.39 is 29.4 Å². The molecular weight excluding hydrogens is 436 g/mol. The number of alkyl halides is 3. The van der Waals surface area contributed by atoms with Crippen molar-refractivity contribution in [2.75, 3.05) is 7.11 Å². The van der Waals surface area contributed by atoms with Crippen LogP contribution in [0.4, 0.5) is 17.6 Å². The largest absolute Gasteiger partial charge is 0.465 e. The SMILES string of the molecule is COC(=O)c1cc2nc(C(F)(F)F)n(-c3cc4c(cc3C)C(C)(C)CCC4(C)C)c2cc1F. The average molecular weight is 462 g/mol. The van der Waals surface area contributed by atoms with Crippen LogP contribution in [-0.4, -0.2) is 22.6 Å². The van der Waals surface area contributed by atoms with Crippen LogP contribution in [0.15, 0.2) is 24.3 Å². The molecule has 1 aliphatic carbocycles. The number of methoxy groups -OCH3 is 1. The molecule has 2 aromatic carbocycles. The Morgan fingerprint density at radius 2 is 1.61 bits per heavy atom. The van der Waals surface area contributed by atoms with Crippen LogP contribution in [0.25, 0.3) is 16.7 Å². The molecule has 0 aliphatic heterocycles. The monoisotopic (exact) mass is 462 g/mol. The number of imidazole rings is 1. The molecule has 0 N–H and O–H groups in total. The molecule has 4 rings (SSSR count). The number of rotatable bonds is 2. The van der Waals surface area contributed by atoms with Crippen molar-refractivity contribution in [3.63, 3.8) is 0 Å².